The molecule has 2 aliphatic heterocycles. The SMILES string of the molecule is O=C1Cc2cc(CCCC(=O)N3CCN(CC4CC4)CC3)ccc2N1. The van der Waals surface area contributed by atoms with Gasteiger partial charge in [0.2, 0.25) is 11.8 Å². The normalized spacial score (nSPS) is 20.5. The van der Waals surface area contributed by atoms with Gasteiger partial charge in [-0.1, -0.05) is 12.1 Å². The van der Waals surface area contributed by atoms with Gasteiger partial charge in [-0.05, 0) is 48.8 Å². The van der Waals surface area contributed by atoms with Crippen molar-refractivity contribution in [2.75, 3.05) is 38.0 Å². The topological polar surface area (TPSA) is 52.7 Å². The van der Waals surface area contributed by atoms with Gasteiger partial charge >= 0.3 is 0 Å². The molecule has 0 atom stereocenters. The summed E-state index contributed by atoms with van der Waals surface area (Å²) < 4.78 is 0. The number of carbonyl (C=O) groups excluding carboxylic acids is 2. The summed E-state index contributed by atoms with van der Waals surface area (Å²) in [7, 11) is 0. The van der Waals surface area contributed by atoms with Crippen LogP contribution in [0, 0.1) is 5.92 Å². The molecule has 0 bridgehead atoms. The fraction of sp³-hybridized carbons (Fsp3) is 0.600. The van der Waals surface area contributed by atoms with Crippen molar-refractivity contribution in [3.8, 4) is 0 Å². The summed E-state index contributed by atoms with van der Waals surface area (Å²) in [5.41, 5.74) is 3.24. The Balaban J connectivity index is 1.19. The molecule has 2 heterocycles. The smallest absolute Gasteiger partial charge is 0.228 e. The lowest BCUT2D eigenvalue weighted by atomic mass is 10.0. The molecule has 1 aliphatic carbocycles. The van der Waals surface area contributed by atoms with Gasteiger partial charge in [0.15, 0.2) is 0 Å². The highest BCUT2D eigenvalue weighted by Gasteiger charge is 2.27. The van der Waals surface area contributed by atoms with Crippen LogP contribution in [0.1, 0.15) is 36.8 Å². The number of amides is 2. The van der Waals surface area contributed by atoms with Crippen LogP contribution in [-0.4, -0.2) is 54.3 Å². The monoisotopic (exact) mass is 341 g/mol. The molecule has 3 aliphatic rings. The molecular formula is C20H27N3O2. The molecule has 0 spiro atoms. The number of rotatable bonds is 6. The van der Waals surface area contributed by atoms with Gasteiger partial charge in [0, 0.05) is 44.8 Å². The van der Waals surface area contributed by atoms with Crippen LogP contribution in [0.15, 0.2) is 18.2 Å². The highest BCUT2D eigenvalue weighted by atomic mass is 16.2. The van der Waals surface area contributed by atoms with E-state index in [-0.39, 0.29) is 5.91 Å². The van der Waals surface area contributed by atoms with E-state index >= 15 is 0 Å². The number of carbonyl (C=O) groups is 2. The summed E-state index contributed by atoms with van der Waals surface area (Å²) in [5.74, 6) is 1.30. The van der Waals surface area contributed by atoms with Crippen LogP contribution in [-0.2, 0) is 22.4 Å². The highest BCUT2D eigenvalue weighted by Crippen LogP contribution is 2.30. The first kappa shape index (κ1) is 16.6. The van der Waals surface area contributed by atoms with E-state index in [1.807, 2.05) is 11.0 Å². The molecule has 5 nitrogen and oxygen atoms in total. The molecule has 1 saturated carbocycles. The zero-order valence-corrected chi connectivity index (χ0v) is 14.8. The Kier molecular flexibility index (Phi) is 4.75. The average molecular weight is 341 g/mol. The Morgan fingerprint density at radius 3 is 2.72 bits per heavy atom. The Labute approximate surface area is 149 Å². The van der Waals surface area contributed by atoms with Crippen molar-refractivity contribution in [2.45, 2.75) is 38.5 Å². The number of piperazine rings is 1. The Morgan fingerprint density at radius 2 is 1.96 bits per heavy atom. The van der Waals surface area contributed by atoms with Gasteiger partial charge in [-0.15, -0.1) is 0 Å². The molecule has 1 aromatic rings. The third kappa shape index (κ3) is 4.21. The Bertz CT molecular complexity index is 661. The maximum absolute atomic E-state index is 12.4. The number of fused-ring (bicyclic) bond motifs is 1. The van der Waals surface area contributed by atoms with Gasteiger partial charge in [-0.25, -0.2) is 0 Å². The number of nitrogens with zero attached hydrogens (tertiary/aromatic N) is 2. The zero-order chi connectivity index (χ0) is 17.2. The molecule has 5 heteroatoms. The summed E-state index contributed by atoms with van der Waals surface area (Å²) >= 11 is 0. The third-order valence-electron chi connectivity index (χ3n) is 5.59. The molecule has 25 heavy (non-hydrogen) atoms. The van der Waals surface area contributed by atoms with Gasteiger partial charge in [0.05, 0.1) is 6.42 Å². The van der Waals surface area contributed by atoms with Crippen LogP contribution in [0.2, 0.25) is 0 Å². The number of hydrogen-bond donors (Lipinski definition) is 1. The lowest BCUT2D eigenvalue weighted by molar-refractivity contribution is -0.133. The molecule has 2 fully saturated rings. The predicted octanol–water partition coefficient (Wildman–Crippen LogP) is 2.06. The second kappa shape index (κ2) is 7.16. The summed E-state index contributed by atoms with van der Waals surface area (Å²) in [4.78, 5) is 28.4. The van der Waals surface area contributed by atoms with E-state index in [0.717, 1.165) is 56.2 Å². The lowest BCUT2D eigenvalue weighted by Gasteiger charge is -2.34. The van der Waals surface area contributed by atoms with E-state index in [9.17, 15) is 9.59 Å². The first-order valence-corrected chi connectivity index (χ1v) is 9.59. The van der Waals surface area contributed by atoms with Crippen LogP contribution < -0.4 is 5.32 Å². The van der Waals surface area contributed by atoms with E-state index in [1.165, 1.54) is 24.9 Å². The molecular weight excluding hydrogens is 314 g/mol. The van der Waals surface area contributed by atoms with E-state index in [0.29, 0.717) is 18.7 Å². The standard InChI is InChI=1S/C20H27N3O2/c24-19-13-17-12-15(6-7-18(17)21-19)2-1-3-20(25)23-10-8-22(9-11-23)14-16-4-5-16/h6-7,12,16H,1-5,8-11,13-14H2,(H,21,24). The van der Waals surface area contributed by atoms with Crippen molar-refractivity contribution >= 4 is 17.5 Å². The molecule has 2 amide bonds. The van der Waals surface area contributed by atoms with E-state index in [4.69, 9.17) is 0 Å². The van der Waals surface area contributed by atoms with Crippen molar-refractivity contribution < 1.29 is 9.59 Å². The molecule has 0 aromatic heterocycles. The highest BCUT2D eigenvalue weighted by molar-refractivity contribution is 5.99. The van der Waals surface area contributed by atoms with Crippen molar-refractivity contribution in [1.29, 1.82) is 0 Å². The van der Waals surface area contributed by atoms with E-state index in [1.54, 1.807) is 0 Å². The van der Waals surface area contributed by atoms with Gasteiger partial charge in [-0.2, -0.15) is 0 Å². The van der Waals surface area contributed by atoms with Gasteiger partial charge in [0.25, 0.3) is 0 Å². The van der Waals surface area contributed by atoms with Crippen molar-refractivity contribution in [2.24, 2.45) is 5.92 Å². The zero-order valence-electron chi connectivity index (χ0n) is 14.8. The van der Waals surface area contributed by atoms with Crippen LogP contribution in [0.3, 0.4) is 0 Å². The second-order valence-corrected chi connectivity index (χ2v) is 7.69. The van der Waals surface area contributed by atoms with Crippen molar-refractivity contribution in [3.05, 3.63) is 29.3 Å². The van der Waals surface area contributed by atoms with Crippen LogP contribution >= 0.6 is 0 Å². The first-order valence-electron chi connectivity index (χ1n) is 9.59. The Morgan fingerprint density at radius 1 is 1.16 bits per heavy atom. The van der Waals surface area contributed by atoms with Gasteiger partial charge in [-0.3, -0.25) is 14.5 Å². The largest absolute Gasteiger partial charge is 0.340 e. The summed E-state index contributed by atoms with van der Waals surface area (Å²) in [6, 6.07) is 6.15. The van der Waals surface area contributed by atoms with Crippen LogP contribution in [0.25, 0.3) is 0 Å². The molecule has 134 valence electrons. The minimum Gasteiger partial charge on any atom is -0.340 e. The molecule has 0 unspecified atom stereocenters. The summed E-state index contributed by atoms with van der Waals surface area (Å²) in [5, 5.41) is 2.86. The number of nitrogens with one attached hydrogen (secondary N) is 1. The summed E-state index contributed by atoms with van der Waals surface area (Å²) in [6.45, 7) is 5.08. The first-order chi connectivity index (χ1) is 12.2. The van der Waals surface area contributed by atoms with E-state index in [2.05, 4.69) is 22.3 Å². The number of anilines is 1. The lowest BCUT2D eigenvalue weighted by Crippen LogP contribution is -2.49. The number of hydrogen-bond acceptors (Lipinski definition) is 3. The van der Waals surface area contributed by atoms with Crippen molar-refractivity contribution in [1.82, 2.24) is 9.80 Å². The fourth-order valence-corrected chi connectivity index (χ4v) is 3.89. The minimum atomic E-state index is 0.0724. The molecule has 1 N–H and O–H groups in total. The van der Waals surface area contributed by atoms with Crippen molar-refractivity contribution in [3.63, 3.8) is 0 Å². The number of benzene rings is 1. The van der Waals surface area contributed by atoms with Crippen LogP contribution in [0.5, 0.6) is 0 Å². The van der Waals surface area contributed by atoms with Gasteiger partial charge < -0.3 is 10.2 Å². The molecule has 4 rings (SSSR count). The molecule has 1 saturated heterocycles. The summed E-state index contributed by atoms with van der Waals surface area (Å²) in [6.07, 6.45) is 5.67. The van der Waals surface area contributed by atoms with E-state index < -0.39 is 0 Å². The minimum absolute atomic E-state index is 0.0724. The quantitative estimate of drug-likeness (QED) is 0.862. The molecule has 0 radical (unpaired) electrons. The maximum Gasteiger partial charge on any atom is 0.228 e. The molecule has 1 aromatic carbocycles. The predicted molar refractivity (Wildman–Crippen MR) is 97.5 cm³/mol. The van der Waals surface area contributed by atoms with Crippen LogP contribution in [0.4, 0.5) is 5.69 Å². The second-order valence-electron chi connectivity index (χ2n) is 7.69. The third-order valence-corrected chi connectivity index (χ3v) is 5.59. The maximum atomic E-state index is 12.4. The Hall–Kier alpha value is -1.88. The average Bonchev–Trinajstić information content (AvgIpc) is 3.34. The fourth-order valence-electron chi connectivity index (χ4n) is 3.89. The van der Waals surface area contributed by atoms with Gasteiger partial charge in [0.1, 0.15) is 0 Å². The number of aryl methyl sites for hydroxylation is 1.